The van der Waals surface area contributed by atoms with E-state index in [1.807, 2.05) is 0 Å². The van der Waals surface area contributed by atoms with E-state index in [-0.39, 0.29) is 31.0 Å². The van der Waals surface area contributed by atoms with Crippen molar-refractivity contribution in [1.29, 1.82) is 0 Å². The maximum atomic E-state index is 10.9. The SMILES string of the molecule is O=C(O)C1CC(C(=O)O)C(C(=O)O)C1C(=O)O.[H-].[Na+]. The van der Waals surface area contributed by atoms with Gasteiger partial charge in [-0.2, -0.15) is 0 Å². The zero-order valence-electron chi connectivity index (χ0n) is 10.4. The van der Waals surface area contributed by atoms with Crippen LogP contribution in [0, 0.1) is 23.7 Å². The summed E-state index contributed by atoms with van der Waals surface area (Å²) in [5, 5.41) is 35.2. The van der Waals surface area contributed by atoms with E-state index in [9.17, 15) is 19.2 Å². The molecule has 0 amide bonds. The van der Waals surface area contributed by atoms with Crippen molar-refractivity contribution in [2.45, 2.75) is 6.42 Å². The van der Waals surface area contributed by atoms with Crippen LogP contribution in [0.1, 0.15) is 7.85 Å². The van der Waals surface area contributed by atoms with Gasteiger partial charge in [0.05, 0.1) is 23.7 Å². The van der Waals surface area contributed by atoms with Crippen LogP contribution >= 0.6 is 0 Å². The van der Waals surface area contributed by atoms with Gasteiger partial charge in [-0.1, -0.05) is 0 Å². The third-order valence-corrected chi connectivity index (χ3v) is 2.97. The fourth-order valence-corrected chi connectivity index (χ4v) is 2.23. The van der Waals surface area contributed by atoms with Crippen LogP contribution in [0.15, 0.2) is 0 Å². The smallest absolute Gasteiger partial charge is 1.00 e. The van der Waals surface area contributed by atoms with Gasteiger partial charge in [-0.3, -0.25) is 19.2 Å². The Kier molecular flexibility index (Phi) is 5.78. The average Bonchev–Trinajstić information content (AvgIpc) is 2.56. The molecular weight excluding hydrogens is 259 g/mol. The molecule has 1 aliphatic carbocycles. The molecule has 1 rings (SSSR count). The molecule has 0 aromatic heterocycles. The molecule has 8 nitrogen and oxygen atoms in total. The van der Waals surface area contributed by atoms with Crippen molar-refractivity contribution in [1.82, 2.24) is 0 Å². The van der Waals surface area contributed by atoms with Crippen molar-refractivity contribution < 1.29 is 70.6 Å². The molecule has 9 heteroatoms. The van der Waals surface area contributed by atoms with E-state index in [0.29, 0.717) is 0 Å². The first-order chi connectivity index (χ1) is 7.77. The van der Waals surface area contributed by atoms with Gasteiger partial charge in [0.15, 0.2) is 0 Å². The van der Waals surface area contributed by atoms with Crippen LogP contribution in [0.25, 0.3) is 0 Å². The normalized spacial score (nSPS) is 30.2. The maximum Gasteiger partial charge on any atom is 1.00 e. The van der Waals surface area contributed by atoms with Gasteiger partial charge in [0.25, 0.3) is 0 Å². The molecular formula is C9H11NaO8. The van der Waals surface area contributed by atoms with Crippen LogP contribution in [-0.2, 0) is 19.2 Å². The molecule has 96 valence electrons. The first-order valence-corrected chi connectivity index (χ1v) is 4.68. The Hall–Kier alpha value is -1.12. The van der Waals surface area contributed by atoms with E-state index in [2.05, 4.69) is 0 Å². The molecule has 0 aromatic rings. The van der Waals surface area contributed by atoms with E-state index < -0.39 is 54.0 Å². The average molecular weight is 270 g/mol. The third-order valence-electron chi connectivity index (χ3n) is 2.97. The minimum Gasteiger partial charge on any atom is -1.00 e. The van der Waals surface area contributed by atoms with Gasteiger partial charge in [-0.15, -0.1) is 0 Å². The van der Waals surface area contributed by atoms with Gasteiger partial charge in [0.2, 0.25) is 0 Å². The van der Waals surface area contributed by atoms with Crippen molar-refractivity contribution in [3.8, 4) is 0 Å². The number of rotatable bonds is 4. The number of hydrogen-bond acceptors (Lipinski definition) is 4. The summed E-state index contributed by atoms with van der Waals surface area (Å²) >= 11 is 0. The second-order valence-corrected chi connectivity index (χ2v) is 3.85. The standard InChI is InChI=1S/C9H10O8.Na.H/c10-6(11)2-1-3(7(12)13)5(9(16)17)4(2)8(14)15;;/h2-5H,1H2,(H,10,11)(H,12,13)(H,14,15)(H,16,17);;/q;+1;-1. The van der Waals surface area contributed by atoms with E-state index in [0.717, 1.165) is 0 Å². The van der Waals surface area contributed by atoms with Gasteiger partial charge in [0, 0.05) is 0 Å². The molecule has 0 spiro atoms. The fraction of sp³-hybridized carbons (Fsp3) is 0.556. The molecule has 4 atom stereocenters. The summed E-state index contributed by atoms with van der Waals surface area (Å²) in [6.07, 6.45) is -0.487. The predicted molar refractivity (Wildman–Crippen MR) is 50.2 cm³/mol. The molecule has 4 N–H and O–H groups in total. The first-order valence-electron chi connectivity index (χ1n) is 4.68. The van der Waals surface area contributed by atoms with Gasteiger partial charge < -0.3 is 21.9 Å². The largest absolute Gasteiger partial charge is 1.00 e. The van der Waals surface area contributed by atoms with Crippen LogP contribution in [0.3, 0.4) is 0 Å². The zero-order chi connectivity index (χ0) is 13.3. The number of aliphatic carboxylic acids is 4. The summed E-state index contributed by atoms with van der Waals surface area (Å²) in [4.78, 5) is 43.4. The number of carboxylic acid groups (broad SMARTS) is 4. The molecule has 0 bridgehead atoms. The van der Waals surface area contributed by atoms with Gasteiger partial charge >= 0.3 is 53.4 Å². The summed E-state index contributed by atoms with van der Waals surface area (Å²) in [5.41, 5.74) is 0. The van der Waals surface area contributed by atoms with Gasteiger partial charge in [-0.05, 0) is 6.42 Å². The summed E-state index contributed by atoms with van der Waals surface area (Å²) in [5.74, 6) is -12.6. The summed E-state index contributed by atoms with van der Waals surface area (Å²) in [7, 11) is 0. The minimum absolute atomic E-state index is 0. The molecule has 4 unspecified atom stereocenters. The Labute approximate surface area is 124 Å². The van der Waals surface area contributed by atoms with Crippen molar-refractivity contribution in [2.24, 2.45) is 23.7 Å². The monoisotopic (exact) mass is 270 g/mol. The quantitative estimate of drug-likeness (QED) is 0.381. The molecule has 0 aliphatic heterocycles. The first kappa shape index (κ1) is 16.9. The van der Waals surface area contributed by atoms with Gasteiger partial charge in [0.1, 0.15) is 0 Å². The summed E-state index contributed by atoms with van der Waals surface area (Å²) in [6.45, 7) is 0. The molecule has 1 saturated carbocycles. The number of carbonyl (C=O) groups is 4. The molecule has 0 heterocycles. The number of hydrogen-bond donors (Lipinski definition) is 4. The second kappa shape index (κ2) is 6.17. The van der Waals surface area contributed by atoms with E-state index in [4.69, 9.17) is 20.4 Å². The molecule has 0 aromatic carbocycles. The van der Waals surface area contributed by atoms with Crippen molar-refractivity contribution in [2.75, 3.05) is 0 Å². The van der Waals surface area contributed by atoms with E-state index >= 15 is 0 Å². The summed E-state index contributed by atoms with van der Waals surface area (Å²) in [6, 6.07) is 0. The Morgan fingerprint density at radius 1 is 0.722 bits per heavy atom. The molecule has 18 heavy (non-hydrogen) atoms. The van der Waals surface area contributed by atoms with Crippen LogP contribution in [0.5, 0.6) is 0 Å². The third kappa shape index (κ3) is 3.01. The Bertz CT molecular complexity index is 362. The number of carboxylic acids is 4. The summed E-state index contributed by atoms with van der Waals surface area (Å²) < 4.78 is 0. The van der Waals surface area contributed by atoms with Crippen LogP contribution in [0.4, 0.5) is 0 Å². The van der Waals surface area contributed by atoms with Crippen molar-refractivity contribution in [3.63, 3.8) is 0 Å². The molecule has 0 radical (unpaired) electrons. The zero-order valence-corrected chi connectivity index (χ0v) is 11.4. The van der Waals surface area contributed by atoms with Crippen molar-refractivity contribution in [3.05, 3.63) is 0 Å². The van der Waals surface area contributed by atoms with Gasteiger partial charge in [-0.25, -0.2) is 0 Å². The topological polar surface area (TPSA) is 149 Å². The van der Waals surface area contributed by atoms with Crippen molar-refractivity contribution >= 4 is 23.9 Å². The maximum absolute atomic E-state index is 10.9. The predicted octanol–water partition coefficient (Wildman–Crippen LogP) is -3.69. The van der Waals surface area contributed by atoms with Crippen LogP contribution in [0.2, 0.25) is 0 Å². The van der Waals surface area contributed by atoms with Crippen LogP contribution in [-0.4, -0.2) is 44.3 Å². The Morgan fingerprint density at radius 2 is 1.00 bits per heavy atom. The molecule has 0 saturated heterocycles. The van der Waals surface area contributed by atoms with Crippen LogP contribution < -0.4 is 29.6 Å². The Balaban J connectivity index is 0. The molecule has 1 fully saturated rings. The second-order valence-electron chi connectivity index (χ2n) is 3.85. The minimum atomic E-state index is -1.72. The molecule has 1 aliphatic rings. The van der Waals surface area contributed by atoms with E-state index in [1.165, 1.54) is 0 Å². The van der Waals surface area contributed by atoms with E-state index in [1.54, 1.807) is 0 Å². The Morgan fingerprint density at radius 3 is 1.17 bits per heavy atom. The fourth-order valence-electron chi connectivity index (χ4n) is 2.23.